The fraction of sp³-hybridized carbons (Fsp3) is 0.417. The second-order valence-electron chi connectivity index (χ2n) is 8.74. The van der Waals surface area contributed by atoms with E-state index in [0.717, 1.165) is 0 Å². The average Bonchev–Trinajstić information content (AvgIpc) is 2.78. The summed E-state index contributed by atoms with van der Waals surface area (Å²) in [7, 11) is 0. The second kappa shape index (κ2) is 9.35. The van der Waals surface area contributed by atoms with Crippen LogP contribution in [0.4, 0.5) is 8.78 Å². The van der Waals surface area contributed by atoms with Crippen LogP contribution >= 0.6 is 0 Å². The molecule has 0 unspecified atom stereocenters. The molecule has 2 aromatic rings. The van der Waals surface area contributed by atoms with Gasteiger partial charge in [-0.25, -0.2) is 8.78 Å². The molecule has 3 fully saturated rings. The molecule has 3 aliphatic rings. The van der Waals surface area contributed by atoms with Gasteiger partial charge in [0.15, 0.2) is 13.2 Å². The molecule has 0 spiro atoms. The third-order valence-corrected chi connectivity index (χ3v) is 6.45. The van der Waals surface area contributed by atoms with Gasteiger partial charge in [0.2, 0.25) is 0 Å². The Morgan fingerprint density at radius 1 is 0.879 bits per heavy atom. The molecule has 176 valence electrons. The normalized spacial score (nSPS) is 25.8. The fourth-order valence-corrected chi connectivity index (χ4v) is 4.72. The predicted octanol–water partition coefficient (Wildman–Crippen LogP) is 2.47. The number of hydrogen-bond acceptors (Lipinski definition) is 5. The molecule has 0 aromatic heterocycles. The summed E-state index contributed by atoms with van der Waals surface area (Å²) in [6.45, 7) is -0.558. The van der Waals surface area contributed by atoms with Gasteiger partial charge in [-0.2, -0.15) is 0 Å². The van der Waals surface area contributed by atoms with Crippen molar-refractivity contribution in [3.63, 3.8) is 0 Å². The highest BCUT2D eigenvalue weighted by Crippen LogP contribution is 2.47. The molecule has 5 rings (SSSR count). The Bertz CT molecular complexity index is 1020. The van der Waals surface area contributed by atoms with Gasteiger partial charge in [0.05, 0.1) is 11.6 Å². The second-order valence-corrected chi connectivity index (χ2v) is 8.74. The smallest absolute Gasteiger partial charge is 0.258 e. The van der Waals surface area contributed by atoms with E-state index in [1.165, 1.54) is 36.4 Å². The molecule has 0 saturated heterocycles. The van der Waals surface area contributed by atoms with Crippen molar-refractivity contribution >= 4 is 11.8 Å². The fourth-order valence-electron chi connectivity index (χ4n) is 4.72. The number of aliphatic hydroxyl groups is 1. The molecule has 9 heteroatoms. The average molecular weight is 460 g/mol. The number of fused-ring (bicyclic) bond motifs is 3. The first-order valence-corrected chi connectivity index (χ1v) is 10.8. The van der Waals surface area contributed by atoms with Crippen molar-refractivity contribution in [2.45, 2.75) is 49.3 Å². The van der Waals surface area contributed by atoms with Crippen molar-refractivity contribution in [1.82, 2.24) is 10.6 Å². The van der Waals surface area contributed by atoms with Crippen LogP contribution in [0.15, 0.2) is 48.5 Å². The summed E-state index contributed by atoms with van der Waals surface area (Å²) in [5.74, 6) is -1.15. The molecule has 2 bridgehead atoms. The SMILES string of the molecule is O=C(COc1cccc(F)c1)NC12CCC(NC(=O)COc3cccc(F)c3)(CC1)[C@@H](O)C2. The van der Waals surface area contributed by atoms with Crippen LogP contribution in [-0.4, -0.2) is 47.3 Å². The highest BCUT2D eigenvalue weighted by molar-refractivity contribution is 5.79. The van der Waals surface area contributed by atoms with Crippen LogP contribution in [0.25, 0.3) is 0 Å². The largest absolute Gasteiger partial charge is 0.484 e. The first-order chi connectivity index (χ1) is 15.8. The van der Waals surface area contributed by atoms with Crippen molar-refractivity contribution in [1.29, 1.82) is 0 Å². The van der Waals surface area contributed by atoms with E-state index in [0.29, 0.717) is 32.1 Å². The Labute approximate surface area is 190 Å². The molecule has 3 saturated carbocycles. The van der Waals surface area contributed by atoms with Gasteiger partial charge in [0.1, 0.15) is 23.1 Å². The Morgan fingerprint density at radius 3 is 1.88 bits per heavy atom. The lowest BCUT2D eigenvalue weighted by Crippen LogP contribution is -2.70. The van der Waals surface area contributed by atoms with Gasteiger partial charge < -0.3 is 25.2 Å². The lowest BCUT2D eigenvalue weighted by atomic mass is 9.60. The summed E-state index contributed by atoms with van der Waals surface area (Å²) < 4.78 is 37.2. The van der Waals surface area contributed by atoms with Crippen LogP contribution < -0.4 is 20.1 Å². The number of hydrogen-bond donors (Lipinski definition) is 3. The highest BCUT2D eigenvalue weighted by Gasteiger charge is 2.55. The maximum atomic E-state index is 13.2. The molecule has 0 radical (unpaired) electrons. The van der Waals surface area contributed by atoms with Crippen molar-refractivity contribution < 1.29 is 33.0 Å². The van der Waals surface area contributed by atoms with Crippen molar-refractivity contribution in [2.24, 2.45) is 0 Å². The zero-order valence-corrected chi connectivity index (χ0v) is 18.0. The molecule has 7 nitrogen and oxygen atoms in total. The molecule has 1 atom stereocenters. The molecular weight excluding hydrogens is 434 g/mol. The van der Waals surface area contributed by atoms with E-state index in [4.69, 9.17) is 9.47 Å². The Kier molecular flexibility index (Phi) is 6.51. The number of benzene rings is 2. The first kappa shape index (κ1) is 23.0. The summed E-state index contributed by atoms with van der Waals surface area (Å²) in [6.07, 6.45) is 1.60. The van der Waals surface area contributed by atoms with Gasteiger partial charge in [-0.3, -0.25) is 9.59 Å². The summed E-state index contributed by atoms with van der Waals surface area (Å²) in [5.41, 5.74) is -1.36. The summed E-state index contributed by atoms with van der Waals surface area (Å²) in [5, 5.41) is 16.7. The number of amides is 2. The standard InChI is InChI=1S/C24H26F2N2O5/c25-16-3-1-5-18(11-16)32-14-21(30)27-23-7-9-24(10-8-23,20(29)13-23)28-22(31)15-33-19-6-2-4-17(26)12-19/h1-6,11-12,20,29H,7-10,13-15H2,(H,27,30)(H,28,31)/t20-,23?,24?/m0/s1. The van der Waals surface area contributed by atoms with Crippen LogP contribution in [0.5, 0.6) is 11.5 Å². The van der Waals surface area contributed by atoms with Gasteiger partial charge in [0, 0.05) is 17.7 Å². The van der Waals surface area contributed by atoms with E-state index in [2.05, 4.69) is 10.6 Å². The van der Waals surface area contributed by atoms with Gasteiger partial charge in [-0.1, -0.05) is 12.1 Å². The number of carbonyl (C=O) groups is 2. The van der Waals surface area contributed by atoms with Crippen LogP contribution in [0.1, 0.15) is 32.1 Å². The highest BCUT2D eigenvalue weighted by atomic mass is 19.1. The Morgan fingerprint density at radius 2 is 1.39 bits per heavy atom. The maximum Gasteiger partial charge on any atom is 0.258 e. The number of aliphatic hydroxyl groups excluding tert-OH is 1. The molecule has 2 aromatic carbocycles. The van der Waals surface area contributed by atoms with E-state index < -0.39 is 34.7 Å². The zero-order chi connectivity index (χ0) is 23.5. The predicted molar refractivity (Wildman–Crippen MR) is 115 cm³/mol. The van der Waals surface area contributed by atoms with Crippen molar-refractivity contribution in [2.75, 3.05) is 13.2 Å². The summed E-state index contributed by atoms with van der Waals surface area (Å²) in [6, 6.07) is 11.1. The van der Waals surface area contributed by atoms with Crippen LogP contribution in [0.3, 0.4) is 0 Å². The number of nitrogens with one attached hydrogen (secondary N) is 2. The van der Waals surface area contributed by atoms with E-state index in [-0.39, 0.29) is 30.6 Å². The number of carbonyl (C=O) groups excluding carboxylic acids is 2. The first-order valence-electron chi connectivity index (χ1n) is 10.8. The number of rotatable bonds is 8. The van der Waals surface area contributed by atoms with Crippen LogP contribution in [0, 0.1) is 11.6 Å². The topological polar surface area (TPSA) is 96.9 Å². The lowest BCUT2D eigenvalue weighted by Gasteiger charge is -2.56. The Balaban J connectivity index is 1.28. The minimum Gasteiger partial charge on any atom is -0.484 e. The summed E-state index contributed by atoms with van der Waals surface area (Å²) >= 11 is 0. The third-order valence-electron chi connectivity index (χ3n) is 6.45. The van der Waals surface area contributed by atoms with Crippen molar-refractivity contribution in [3.8, 4) is 11.5 Å². The van der Waals surface area contributed by atoms with E-state index >= 15 is 0 Å². The Hall–Kier alpha value is -3.20. The lowest BCUT2D eigenvalue weighted by molar-refractivity contribution is -0.137. The van der Waals surface area contributed by atoms with E-state index in [1.54, 1.807) is 12.1 Å². The van der Waals surface area contributed by atoms with Gasteiger partial charge in [-0.05, 0) is 56.4 Å². The van der Waals surface area contributed by atoms with Gasteiger partial charge in [0.25, 0.3) is 11.8 Å². The molecule has 0 aliphatic heterocycles. The minimum absolute atomic E-state index is 0.248. The van der Waals surface area contributed by atoms with Crippen molar-refractivity contribution in [3.05, 3.63) is 60.2 Å². The van der Waals surface area contributed by atoms with Gasteiger partial charge >= 0.3 is 0 Å². The molecule has 0 heterocycles. The maximum absolute atomic E-state index is 13.2. The number of ether oxygens (including phenoxy) is 2. The van der Waals surface area contributed by atoms with Gasteiger partial charge in [-0.15, -0.1) is 0 Å². The van der Waals surface area contributed by atoms with Crippen LogP contribution in [0.2, 0.25) is 0 Å². The molecule has 3 aliphatic carbocycles. The minimum atomic E-state index is -0.845. The van der Waals surface area contributed by atoms with E-state index in [9.17, 15) is 23.5 Å². The number of halogens is 2. The zero-order valence-electron chi connectivity index (χ0n) is 18.0. The molecule has 3 N–H and O–H groups in total. The van der Waals surface area contributed by atoms with Crippen LogP contribution in [-0.2, 0) is 9.59 Å². The van der Waals surface area contributed by atoms with E-state index in [1.807, 2.05) is 0 Å². The quantitative estimate of drug-likeness (QED) is 0.563. The monoisotopic (exact) mass is 460 g/mol. The summed E-state index contributed by atoms with van der Waals surface area (Å²) in [4.78, 5) is 24.9. The third kappa shape index (κ3) is 5.42. The molecular formula is C24H26F2N2O5. The molecule has 33 heavy (non-hydrogen) atoms. The molecule has 2 amide bonds.